The first kappa shape index (κ1) is 12.7. The number of nitrogens with one attached hydrogen (secondary N) is 1. The van der Waals surface area contributed by atoms with Crippen molar-refractivity contribution >= 4 is 11.3 Å². The van der Waals surface area contributed by atoms with E-state index in [1.165, 1.54) is 16.7 Å². The van der Waals surface area contributed by atoms with Crippen molar-refractivity contribution in [2.45, 2.75) is 19.4 Å². The highest BCUT2D eigenvalue weighted by atomic mass is 32.1. The number of aromatic nitrogens is 2. The van der Waals surface area contributed by atoms with Crippen LogP contribution in [-0.4, -0.2) is 16.7 Å². The van der Waals surface area contributed by atoms with Gasteiger partial charge in [0.15, 0.2) is 0 Å². The monoisotopic (exact) mass is 297 g/mol. The summed E-state index contributed by atoms with van der Waals surface area (Å²) >= 11 is 1.66. The Hall–Kier alpha value is -1.98. The average molecular weight is 297 g/mol. The first-order valence-corrected chi connectivity index (χ1v) is 7.92. The predicted molar refractivity (Wildman–Crippen MR) is 82.3 cm³/mol. The lowest BCUT2D eigenvalue weighted by Gasteiger charge is -2.23. The summed E-state index contributed by atoms with van der Waals surface area (Å²) in [5.41, 5.74) is 4.84. The van der Waals surface area contributed by atoms with Crippen LogP contribution in [0.3, 0.4) is 0 Å². The normalized spacial score (nSPS) is 17.7. The third-order valence-electron chi connectivity index (χ3n) is 3.93. The standard InChI is InChI=1S/C16H15N3OS/c1-10-8-21-9-14(10)15-18-16(20-19-15)13-7-17-6-11-4-2-3-5-12(11)13/h2-5,8-9,13,17H,6-7H2,1H3. The molecule has 2 aromatic heterocycles. The minimum Gasteiger partial charge on any atom is -0.338 e. The molecular weight excluding hydrogens is 282 g/mol. The smallest absolute Gasteiger partial charge is 0.235 e. The fourth-order valence-corrected chi connectivity index (χ4v) is 3.62. The Bertz CT molecular complexity index is 777. The summed E-state index contributed by atoms with van der Waals surface area (Å²) < 4.78 is 5.54. The van der Waals surface area contributed by atoms with Crippen molar-refractivity contribution in [3.63, 3.8) is 0 Å². The molecule has 1 aliphatic heterocycles. The van der Waals surface area contributed by atoms with Crippen molar-refractivity contribution in [2.24, 2.45) is 0 Å². The molecule has 1 N–H and O–H groups in total. The van der Waals surface area contributed by atoms with Crippen molar-refractivity contribution in [1.82, 2.24) is 15.5 Å². The number of hydrogen-bond donors (Lipinski definition) is 1. The lowest BCUT2D eigenvalue weighted by molar-refractivity contribution is 0.356. The van der Waals surface area contributed by atoms with Gasteiger partial charge in [-0.3, -0.25) is 0 Å². The van der Waals surface area contributed by atoms with Gasteiger partial charge in [-0.05, 0) is 29.0 Å². The highest BCUT2D eigenvalue weighted by Gasteiger charge is 2.26. The Morgan fingerprint density at radius 2 is 2.19 bits per heavy atom. The second-order valence-electron chi connectivity index (χ2n) is 5.31. The Morgan fingerprint density at radius 3 is 3.05 bits per heavy atom. The molecule has 0 aliphatic carbocycles. The summed E-state index contributed by atoms with van der Waals surface area (Å²) in [7, 11) is 0. The summed E-state index contributed by atoms with van der Waals surface area (Å²) in [6, 6.07) is 8.43. The van der Waals surface area contributed by atoms with Crippen LogP contribution in [0.4, 0.5) is 0 Å². The minimum atomic E-state index is 0.134. The number of hydrogen-bond acceptors (Lipinski definition) is 5. The summed E-state index contributed by atoms with van der Waals surface area (Å²) in [6.45, 7) is 3.80. The molecule has 0 bridgehead atoms. The molecule has 0 spiro atoms. The Balaban J connectivity index is 1.73. The average Bonchev–Trinajstić information content (AvgIpc) is 3.15. The third-order valence-corrected chi connectivity index (χ3v) is 4.79. The largest absolute Gasteiger partial charge is 0.338 e. The molecule has 4 nitrogen and oxygen atoms in total. The van der Waals surface area contributed by atoms with Crippen LogP contribution in [0, 0.1) is 6.92 Å². The van der Waals surface area contributed by atoms with Crippen LogP contribution in [0.5, 0.6) is 0 Å². The molecule has 5 heteroatoms. The second kappa shape index (κ2) is 5.09. The first-order chi connectivity index (χ1) is 10.3. The van der Waals surface area contributed by atoms with Gasteiger partial charge in [0, 0.05) is 24.0 Å². The van der Waals surface area contributed by atoms with Gasteiger partial charge in [0.1, 0.15) is 0 Å². The van der Waals surface area contributed by atoms with Crippen LogP contribution in [0.1, 0.15) is 28.5 Å². The molecule has 1 aliphatic rings. The number of fused-ring (bicyclic) bond motifs is 1. The minimum absolute atomic E-state index is 0.134. The van der Waals surface area contributed by atoms with Crippen LogP contribution in [0.2, 0.25) is 0 Å². The molecule has 0 saturated carbocycles. The first-order valence-electron chi connectivity index (χ1n) is 6.98. The maximum Gasteiger partial charge on any atom is 0.235 e. The molecule has 0 saturated heterocycles. The second-order valence-corrected chi connectivity index (χ2v) is 6.05. The Kier molecular flexibility index (Phi) is 3.09. The van der Waals surface area contributed by atoms with E-state index in [9.17, 15) is 0 Å². The van der Waals surface area contributed by atoms with Crippen molar-refractivity contribution in [3.05, 3.63) is 57.6 Å². The van der Waals surface area contributed by atoms with Gasteiger partial charge in [-0.2, -0.15) is 16.3 Å². The van der Waals surface area contributed by atoms with Crippen molar-refractivity contribution in [1.29, 1.82) is 0 Å². The molecule has 106 valence electrons. The number of aryl methyl sites for hydroxylation is 1. The molecule has 1 aromatic carbocycles. The topological polar surface area (TPSA) is 51.0 Å². The molecule has 3 aromatic rings. The van der Waals surface area contributed by atoms with Crippen molar-refractivity contribution in [3.8, 4) is 11.4 Å². The third kappa shape index (κ3) is 2.18. The van der Waals surface area contributed by atoms with E-state index in [1.807, 2.05) is 0 Å². The van der Waals surface area contributed by atoms with Crippen LogP contribution >= 0.6 is 11.3 Å². The van der Waals surface area contributed by atoms with Crippen LogP contribution in [0.15, 0.2) is 39.5 Å². The van der Waals surface area contributed by atoms with Gasteiger partial charge in [0.2, 0.25) is 11.7 Å². The number of nitrogens with zero attached hydrogens (tertiary/aromatic N) is 2. The van der Waals surface area contributed by atoms with Gasteiger partial charge in [-0.25, -0.2) is 0 Å². The van der Waals surface area contributed by atoms with E-state index < -0.39 is 0 Å². The summed E-state index contributed by atoms with van der Waals surface area (Å²) in [4.78, 5) is 4.62. The van der Waals surface area contributed by atoms with E-state index in [0.717, 1.165) is 18.7 Å². The van der Waals surface area contributed by atoms with Crippen LogP contribution in [0.25, 0.3) is 11.4 Å². The number of benzene rings is 1. The predicted octanol–water partition coefficient (Wildman–Crippen LogP) is 3.34. The molecule has 0 radical (unpaired) electrons. The van der Waals surface area contributed by atoms with Gasteiger partial charge >= 0.3 is 0 Å². The lowest BCUT2D eigenvalue weighted by Crippen LogP contribution is -2.28. The fraction of sp³-hybridized carbons (Fsp3) is 0.250. The summed E-state index contributed by atoms with van der Waals surface area (Å²) in [5, 5.41) is 11.7. The van der Waals surface area contributed by atoms with E-state index in [4.69, 9.17) is 4.52 Å². The zero-order chi connectivity index (χ0) is 14.2. The Morgan fingerprint density at radius 1 is 1.29 bits per heavy atom. The zero-order valence-electron chi connectivity index (χ0n) is 11.7. The highest BCUT2D eigenvalue weighted by molar-refractivity contribution is 7.08. The maximum absolute atomic E-state index is 5.54. The number of thiophene rings is 1. The molecule has 1 atom stereocenters. The van der Waals surface area contributed by atoms with Crippen LogP contribution in [-0.2, 0) is 6.54 Å². The van der Waals surface area contributed by atoms with Crippen molar-refractivity contribution < 1.29 is 4.52 Å². The molecule has 0 fully saturated rings. The van der Waals surface area contributed by atoms with E-state index in [0.29, 0.717) is 11.7 Å². The molecule has 21 heavy (non-hydrogen) atoms. The Labute approximate surface area is 126 Å². The van der Waals surface area contributed by atoms with Gasteiger partial charge in [-0.15, -0.1) is 0 Å². The van der Waals surface area contributed by atoms with E-state index in [1.54, 1.807) is 11.3 Å². The molecular formula is C16H15N3OS. The van der Waals surface area contributed by atoms with Crippen LogP contribution < -0.4 is 5.32 Å². The summed E-state index contributed by atoms with van der Waals surface area (Å²) in [5.74, 6) is 1.51. The van der Waals surface area contributed by atoms with E-state index in [-0.39, 0.29) is 5.92 Å². The molecule has 4 rings (SSSR count). The fourth-order valence-electron chi connectivity index (χ4n) is 2.79. The van der Waals surface area contributed by atoms with Gasteiger partial charge in [0.25, 0.3) is 0 Å². The van der Waals surface area contributed by atoms with Gasteiger partial charge < -0.3 is 9.84 Å². The molecule has 3 heterocycles. The van der Waals surface area contributed by atoms with Gasteiger partial charge in [0.05, 0.1) is 5.92 Å². The molecule has 0 amide bonds. The maximum atomic E-state index is 5.54. The quantitative estimate of drug-likeness (QED) is 0.788. The SMILES string of the molecule is Cc1cscc1-c1noc(C2CNCc3ccccc32)n1. The zero-order valence-corrected chi connectivity index (χ0v) is 12.5. The van der Waals surface area contributed by atoms with E-state index in [2.05, 4.69) is 57.4 Å². The van der Waals surface area contributed by atoms with E-state index >= 15 is 0 Å². The van der Waals surface area contributed by atoms with Gasteiger partial charge in [-0.1, -0.05) is 29.4 Å². The highest BCUT2D eigenvalue weighted by Crippen LogP contribution is 2.31. The summed E-state index contributed by atoms with van der Waals surface area (Å²) in [6.07, 6.45) is 0. The number of rotatable bonds is 2. The van der Waals surface area contributed by atoms with Crippen molar-refractivity contribution in [2.75, 3.05) is 6.54 Å². The molecule has 1 unspecified atom stereocenters. The lowest BCUT2D eigenvalue weighted by atomic mass is 9.91.